The number of carbonyl (C=O) groups excluding carboxylic acids is 1. The normalized spacial score (nSPS) is 29.4. The lowest BCUT2D eigenvalue weighted by Crippen LogP contribution is -2.22. The van der Waals surface area contributed by atoms with Crippen LogP contribution in [0.2, 0.25) is 0 Å². The fraction of sp³-hybridized carbons (Fsp3) is 0.643. The quantitative estimate of drug-likeness (QED) is 0.790. The first kappa shape index (κ1) is 11.4. The van der Waals surface area contributed by atoms with Crippen molar-refractivity contribution in [3.63, 3.8) is 0 Å². The van der Waals surface area contributed by atoms with Gasteiger partial charge in [0.1, 0.15) is 0 Å². The molecule has 1 saturated carbocycles. The molecule has 0 atom stereocenters. The Morgan fingerprint density at radius 3 is 2.75 bits per heavy atom. The zero-order valence-corrected chi connectivity index (χ0v) is 10.0. The Bertz CT molecular complexity index is 309. The predicted octanol–water partition coefficient (Wildman–Crippen LogP) is 3.16. The maximum absolute atomic E-state index is 12.0. The first-order valence-corrected chi connectivity index (χ1v) is 6.40. The van der Waals surface area contributed by atoms with Gasteiger partial charge in [-0.25, -0.2) is 0 Å². The van der Waals surface area contributed by atoms with Gasteiger partial charge in [0.2, 0.25) is 0 Å². The molecule has 1 heterocycles. The molecule has 0 radical (unpaired) electrons. The summed E-state index contributed by atoms with van der Waals surface area (Å²) in [5.41, 5.74) is 0.807. The van der Waals surface area contributed by atoms with E-state index in [2.05, 4.69) is 12.2 Å². The molecule has 0 aromatic heterocycles. The van der Waals surface area contributed by atoms with Gasteiger partial charge >= 0.3 is 0 Å². The average molecular weight is 219 g/mol. The molecule has 16 heavy (non-hydrogen) atoms. The van der Waals surface area contributed by atoms with Crippen molar-refractivity contribution in [2.45, 2.75) is 45.4 Å². The highest BCUT2D eigenvalue weighted by molar-refractivity contribution is 5.95. The summed E-state index contributed by atoms with van der Waals surface area (Å²) in [5.74, 6) is 1.78. The second kappa shape index (κ2) is 5.33. The number of rotatable bonds is 3. The summed E-state index contributed by atoms with van der Waals surface area (Å²) in [4.78, 5) is 12.0. The van der Waals surface area contributed by atoms with Crippen LogP contribution in [0.1, 0.15) is 45.4 Å². The van der Waals surface area contributed by atoms with Gasteiger partial charge in [0.05, 0.1) is 5.70 Å². The fourth-order valence-electron chi connectivity index (χ4n) is 2.56. The smallest absolute Gasteiger partial charge is 0.178 e. The zero-order valence-electron chi connectivity index (χ0n) is 10.0. The fourth-order valence-corrected chi connectivity index (χ4v) is 2.56. The van der Waals surface area contributed by atoms with E-state index in [-0.39, 0.29) is 0 Å². The highest BCUT2D eigenvalue weighted by Gasteiger charge is 2.22. The monoisotopic (exact) mass is 219 g/mol. The lowest BCUT2D eigenvalue weighted by molar-refractivity contribution is -0.117. The van der Waals surface area contributed by atoms with Crippen LogP contribution in [0.3, 0.4) is 0 Å². The summed E-state index contributed by atoms with van der Waals surface area (Å²) in [5, 5.41) is 3.05. The van der Waals surface area contributed by atoms with E-state index < -0.39 is 0 Å². The zero-order chi connectivity index (χ0) is 11.4. The lowest BCUT2D eigenvalue weighted by Gasteiger charge is -2.26. The number of carbonyl (C=O) groups is 1. The first-order chi connectivity index (χ1) is 7.75. The van der Waals surface area contributed by atoms with E-state index in [0.717, 1.165) is 24.5 Å². The van der Waals surface area contributed by atoms with Crippen LogP contribution in [-0.4, -0.2) is 5.78 Å². The van der Waals surface area contributed by atoms with Crippen LogP contribution in [0.4, 0.5) is 0 Å². The molecule has 0 aromatic carbocycles. The molecule has 0 saturated heterocycles. The molecule has 0 unspecified atom stereocenters. The van der Waals surface area contributed by atoms with Gasteiger partial charge in [0, 0.05) is 6.42 Å². The van der Waals surface area contributed by atoms with E-state index in [4.69, 9.17) is 0 Å². The second-order valence-electron chi connectivity index (χ2n) is 5.15. The van der Waals surface area contributed by atoms with Gasteiger partial charge in [0.25, 0.3) is 0 Å². The summed E-state index contributed by atoms with van der Waals surface area (Å²) >= 11 is 0. The first-order valence-electron chi connectivity index (χ1n) is 6.40. The molecular formula is C14H21NO. The molecule has 0 aromatic rings. The third-order valence-electron chi connectivity index (χ3n) is 3.72. The Hall–Kier alpha value is -1.05. The average Bonchev–Trinajstić information content (AvgIpc) is 2.33. The Balaban J connectivity index is 1.81. The summed E-state index contributed by atoms with van der Waals surface area (Å²) in [7, 11) is 0. The Morgan fingerprint density at radius 1 is 1.38 bits per heavy atom. The van der Waals surface area contributed by atoms with Crippen molar-refractivity contribution in [3.05, 3.63) is 24.0 Å². The molecule has 2 nitrogen and oxygen atoms in total. The number of hydrogen-bond acceptors (Lipinski definition) is 2. The van der Waals surface area contributed by atoms with Crippen LogP contribution in [-0.2, 0) is 4.79 Å². The molecule has 88 valence electrons. The number of Topliss-reactive ketones (excluding diaryl/α,β-unsaturated/α-hetero) is 1. The van der Waals surface area contributed by atoms with Gasteiger partial charge in [-0.1, -0.05) is 31.9 Å². The molecule has 0 spiro atoms. The van der Waals surface area contributed by atoms with E-state index >= 15 is 0 Å². The highest BCUT2D eigenvalue weighted by Crippen LogP contribution is 2.31. The topological polar surface area (TPSA) is 29.1 Å². The standard InChI is InChI=1S/C14H21NO/c1-11-5-7-12(8-6-11)10-14(16)13-4-2-3-9-15-13/h3-4,9,11-12,15H,2,5-8,10H2,1H3. The van der Waals surface area contributed by atoms with Gasteiger partial charge in [-0.2, -0.15) is 0 Å². The number of hydrogen-bond donors (Lipinski definition) is 1. The number of ketones is 1. The van der Waals surface area contributed by atoms with Crippen LogP contribution >= 0.6 is 0 Å². The number of allylic oxidation sites excluding steroid dienone is 3. The van der Waals surface area contributed by atoms with Crippen molar-refractivity contribution in [1.82, 2.24) is 5.32 Å². The lowest BCUT2D eigenvalue weighted by atomic mass is 9.80. The molecule has 1 aliphatic carbocycles. The van der Waals surface area contributed by atoms with Crippen molar-refractivity contribution in [2.24, 2.45) is 11.8 Å². The van der Waals surface area contributed by atoms with E-state index in [1.165, 1.54) is 25.7 Å². The van der Waals surface area contributed by atoms with E-state index in [9.17, 15) is 4.79 Å². The third kappa shape index (κ3) is 2.97. The van der Waals surface area contributed by atoms with Crippen LogP contribution < -0.4 is 5.32 Å². The van der Waals surface area contributed by atoms with Crippen LogP contribution in [0.15, 0.2) is 24.0 Å². The molecule has 1 aliphatic heterocycles. The van der Waals surface area contributed by atoms with Crippen LogP contribution in [0.5, 0.6) is 0 Å². The third-order valence-corrected chi connectivity index (χ3v) is 3.72. The summed E-state index contributed by atoms with van der Waals surface area (Å²) in [6.45, 7) is 2.31. The minimum absolute atomic E-state index is 0.295. The maximum Gasteiger partial charge on any atom is 0.178 e. The number of dihydropyridines is 1. The summed E-state index contributed by atoms with van der Waals surface area (Å²) in [6, 6.07) is 0. The molecule has 1 fully saturated rings. The molecular weight excluding hydrogens is 198 g/mol. The van der Waals surface area contributed by atoms with E-state index in [1.807, 2.05) is 18.4 Å². The highest BCUT2D eigenvalue weighted by atomic mass is 16.1. The van der Waals surface area contributed by atoms with Crippen LogP contribution in [0, 0.1) is 11.8 Å². The van der Waals surface area contributed by atoms with Crippen molar-refractivity contribution >= 4 is 5.78 Å². The van der Waals surface area contributed by atoms with Crippen molar-refractivity contribution in [3.8, 4) is 0 Å². The Labute approximate surface area is 97.8 Å². The molecule has 2 aliphatic rings. The van der Waals surface area contributed by atoms with Crippen molar-refractivity contribution in [1.29, 1.82) is 0 Å². The van der Waals surface area contributed by atoms with Gasteiger partial charge in [-0.15, -0.1) is 0 Å². The molecule has 0 amide bonds. The van der Waals surface area contributed by atoms with Gasteiger partial charge < -0.3 is 5.32 Å². The van der Waals surface area contributed by atoms with Gasteiger partial charge in [-0.05, 0) is 37.3 Å². The minimum atomic E-state index is 0.295. The van der Waals surface area contributed by atoms with Crippen molar-refractivity contribution < 1.29 is 4.79 Å². The SMILES string of the molecule is CC1CCC(CC(=O)C2=CCC=CN2)CC1. The Morgan fingerprint density at radius 2 is 2.12 bits per heavy atom. The molecule has 1 N–H and O–H groups in total. The van der Waals surface area contributed by atoms with Gasteiger partial charge in [0.15, 0.2) is 5.78 Å². The molecule has 2 heteroatoms. The van der Waals surface area contributed by atoms with Crippen LogP contribution in [0.25, 0.3) is 0 Å². The van der Waals surface area contributed by atoms with Crippen molar-refractivity contribution in [2.75, 3.05) is 0 Å². The van der Waals surface area contributed by atoms with E-state index in [0.29, 0.717) is 11.7 Å². The largest absolute Gasteiger partial charge is 0.359 e. The van der Waals surface area contributed by atoms with E-state index in [1.54, 1.807) is 0 Å². The molecule has 0 bridgehead atoms. The predicted molar refractivity (Wildman–Crippen MR) is 65.7 cm³/mol. The minimum Gasteiger partial charge on any atom is -0.359 e. The summed E-state index contributed by atoms with van der Waals surface area (Å²) in [6.07, 6.45) is 12.6. The van der Waals surface area contributed by atoms with Gasteiger partial charge in [-0.3, -0.25) is 4.79 Å². The maximum atomic E-state index is 12.0. The number of nitrogens with one attached hydrogen (secondary N) is 1. The molecule has 2 rings (SSSR count). The Kier molecular flexibility index (Phi) is 3.81. The second-order valence-corrected chi connectivity index (χ2v) is 5.15. The summed E-state index contributed by atoms with van der Waals surface area (Å²) < 4.78 is 0.